The van der Waals surface area contributed by atoms with Crippen molar-refractivity contribution in [3.05, 3.63) is 72.1 Å². The number of fused-ring (bicyclic) bond motifs is 1. The molecule has 1 aliphatic rings. The lowest BCUT2D eigenvalue weighted by Gasteiger charge is -2.26. The molecule has 3 aromatic rings. The van der Waals surface area contributed by atoms with Crippen LogP contribution in [-0.4, -0.2) is 82.3 Å². The minimum absolute atomic E-state index is 0.129. The third kappa shape index (κ3) is 10.5. The molecular formula is C35H40F3N4O10+. The predicted octanol–water partition coefficient (Wildman–Crippen LogP) is 4.30. The van der Waals surface area contributed by atoms with Crippen molar-refractivity contribution in [1.29, 1.82) is 0 Å². The Morgan fingerprint density at radius 3 is 1.96 bits per heavy atom. The monoisotopic (exact) mass is 733 g/mol. The Hall–Kier alpha value is -5.45. The maximum Gasteiger partial charge on any atom is 0.490 e. The topological polar surface area (TPSA) is 156 Å². The number of ether oxygens (including phenoxy) is 4. The van der Waals surface area contributed by atoms with Crippen LogP contribution in [0.2, 0.25) is 0 Å². The van der Waals surface area contributed by atoms with Crippen LogP contribution in [0.25, 0.3) is 11.1 Å². The highest BCUT2D eigenvalue weighted by molar-refractivity contribution is 6.20. The minimum atomic E-state index is -5.24. The van der Waals surface area contributed by atoms with E-state index in [1.54, 1.807) is 102 Å². The summed E-state index contributed by atoms with van der Waals surface area (Å²) in [6.45, 7) is 8.64. The zero-order chi connectivity index (χ0) is 38.6. The second kappa shape index (κ2) is 15.4. The highest BCUT2D eigenvalue weighted by atomic mass is 19.4. The van der Waals surface area contributed by atoms with Gasteiger partial charge in [-0.3, -0.25) is 9.59 Å². The maximum absolute atomic E-state index is 13.0. The molecule has 17 heteroatoms. The average molecular weight is 734 g/mol. The molecule has 2 heterocycles. The molecule has 4 rings (SSSR count). The van der Waals surface area contributed by atoms with Gasteiger partial charge in [0.1, 0.15) is 36.2 Å². The molecule has 3 amide bonds. The van der Waals surface area contributed by atoms with E-state index in [0.717, 1.165) is 0 Å². The predicted molar refractivity (Wildman–Crippen MR) is 174 cm³/mol. The van der Waals surface area contributed by atoms with E-state index in [0.29, 0.717) is 21.9 Å². The van der Waals surface area contributed by atoms with Crippen LogP contribution < -0.4 is 14.7 Å². The van der Waals surface area contributed by atoms with Crippen LogP contribution in [0, 0.1) is 0 Å². The van der Waals surface area contributed by atoms with Gasteiger partial charge in [0.05, 0.1) is 29.4 Å². The van der Waals surface area contributed by atoms with Crippen molar-refractivity contribution in [3.8, 4) is 16.9 Å². The van der Waals surface area contributed by atoms with Crippen molar-refractivity contribution in [2.24, 2.45) is 7.05 Å². The molecule has 0 bridgehead atoms. The van der Waals surface area contributed by atoms with E-state index in [9.17, 15) is 37.1 Å². The highest BCUT2D eigenvalue weighted by Gasteiger charge is 2.43. The SMILES string of the molecule is C[n+]1cc(-c2ccc(OC[C@H](ON3C(=O)c4ccccc4C3=O)C(=O)OC(C)(C)C)cc2)cn1CC(CNC(=O)OC(C)(C)C)OC(=O)C(F)(F)F. The van der Waals surface area contributed by atoms with E-state index in [-0.39, 0.29) is 17.7 Å². The summed E-state index contributed by atoms with van der Waals surface area (Å²) >= 11 is 0. The Labute approximate surface area is 297 Å². The molecule has 52 heavy (non-hydrogen) atoms. The summed E-state index contributed by atoms with van der Waals surface area (Å²) in [5.74, 6) is -4.45. The second-order valence-electron chi connectivity index (χ2n) is 13.7. The number of alkyl halides is 3. The number of nitrogens with zero attached hydrogens (tertiary/aromatic N) is 3. The molecule has 0 saturated heterocycles. The molecule has 1 aromatic heterocycles. The maximum atomic E-state index is 13.0. The molecule has 1 N–H and O–H groups in total. The summed E-state index contributed by atoms with van der Waals surface area (Å²) in [5, 5.41) is 2.84. The first kappa shape index (κ1) is 39.3. The zero-order valence-electron chi connectivity index (χ0n) is 29.6. The number of hydroxylamine groups is 2. The molecular weight excluding hydrogens is 693 g/mol. The fourth-order valence-corrected chi connectivity index (χ4v) is 4.79. The number of halogens is 3. The Morgan fingerprint density at radius 1 is 0.846 bits per heavy atom. The molecule has 1 aliphatic heterocycles. The first-order chi connectivity index (χ1) is 24.1. The standard InChI is InChI=1S/C35H39F3N4O10/c1-33(2,3)50-30(45)27(52-42-28(43)25-10-8-9-11-26(25)29(42)44)20-48-23-14-12-21(13-15-23)22-17-40(7)41(18-22)19-24(49-31(46)35(36,37)38)16-39-32(47)51-34(4,5)6/h8-15,17-18,24,27H,16,19-20H2,1-7H3/p+1/t24?,27-/m0/s1. The van der Waals surface area contributed by atoms with Gasteiger partial charge in [-0.2, -0.15) is 17.9 Å². The molecule has 0 radical (unpaired) electrons. The van der Waals surface area contributed by atoms with Gasteiger partial charge < -0.3 is 24.3 Å². The molecule has 1 unspecified atom stereocenters. The van der Waals surface area contributed by atoms with Crippen molar-refractivity contribution < 1.29 is 65.6 Å². The third-order valence-electron chi connectivity index (χ3n) is 7.04. The number of aromatic nitrogens is 2. The van der Waals surface area contributed by atoms with Crippen LogP contribution in [-0.2, 0) is 42.2 Å². The van der Waals surface area contributed by atoms with E-state index in [1.165, 1.54) is 16.8 Å². The molecule has 0 aliphatic carbocycles. The number of amides is 3. The van der Waals surface area contributed by atoms with E-state index < -0.39 is 72.6 Å². The van der Waals surface area contributed by atoms with Crippen LogP contribution in [0.15, 0.2) is 60.9 Å². The molecule has 2 aromatic carbocycles. The van der Waals surface area contributed by atoms with Crippen molar-refractivity contribution in [2.75, 3.05) is 13.2 Å². The number of benzene rings is 2. The summed E-state index contributed by atoms with van der Waals surface area (Å²) in [5.41, 5.74) is -0.239. The van der Waals surface area contributed by atoms with Gasteiger partial charge in [0.2, 0.25) is 12.3 Å². The lowest BCUT2D eigenvalue weighted by Crippen LogP contribution is -2.46. The van der Waals surface area contributed by atoms with E-state index in [1.807, 2.05) is 0 Å². The lowest BCUT2D eigenvalue weighted by atomic mass is 10.1. The van der Waals surface area contributed by atoms with Gasteiger partial charge in [-0.05, 0) is 71.4 Å². The molecule has 2 atom stereocenters. The van der Waals surface area contributed by atoms with E-state index >= 15 is 0 Å². The molecule has 280 valence electrons. The number of hydrogen-bond acceptors (Lipinski definition) is 10. The van der Waals surface area contributed by atoms with Crippen LogP contribution in [0.5, 0.6) is 5.75 Å². The van der Waals surface area contributed by atoms with Crippen molar-refractivity contribution in [2.45, 2.75) is 77.7 Å². The van der Waals surface area contributed by atoms with Gasteiger partial charge in [0, 0.05) is 0 Å². The van der Waals surface area contributed by atoms with Crippen molar-refractivity contribution in [1.82, 2.24) is 15.1 Å². The largest absolute Gasteiger partial charge is 0.490 e. The van der Waals surface area contributed by atoms with Crippen LogP contribution in [0.3, 0.4) is 0 Å². The number of imide groups is 1. The van der Waals surface area contributed by atoms with Gasteiger partial charge in [-0.15, -0.1) is 9.75 Å². The first-order valence-electron chi connectivity index (χ1n) is 16.0. The summed E-state index contributed by atoms with van der Waals surface area (Å²) in [6, 6.07) is 12.6. The smallest absolute Gasteiger partial charge is 0.490 e. The van der Waals surface area contributed by atoms with Gasteiger partial charge >= 0.3 is 24.2 Å². The lowest BCUT2D eigenvalue weighted by molar-refractivity contribution is -0.754. The van der Waals surface area contributed by atoms with Gasteiger partial charge in [0.15, 0.2) is 7.05 Å². The highest BCUT2D eigenvalue weighted by Crippen LogP contribution is 2.26. The first-order valence-corrected chi connectivity index (χ1v) is 16.0. The van der Waals surface area contributed by atoms with Gasteiger partial charge in [0.25, 0.3) is 11.8 Å². The number of alkyl carbamates (subject to hydrolysis) is 1. The summed E-state index contributed by atoms with van der Waals surface area (Å²) < 4.78 is 63.1. The van der Waals surface area contributed by atoms with E-state index in [2.05, 4.69) is 10.1 Å². The number of carbonyl (C=O) groups is 5. The number of carbonyl (C=O) groups excluding carboxylic acids is 5. The van der Waals surface area contributed by atoms with Gasteiger partial charge in [-0.25, -0.2) is 19.2 Å². The zero-order valence-corrected chi connectivity index (χ0v) is 29.6. The Kier molecular flexibility index (Phi) is 11.7. The number of esters is 2. The summed E-state index contributed by atoms with van der Waals surface area (Å²) in [7, 11) is 1.62. The quantitative estimate of drug-likeness (QED) is 0.123. The van der Waals surface area contributed by atoms with E-state index in [4.69, 9.17) is 19.0 Å². The van der Waals surface area contributed by atoms with Crippen molar-refractivity contribution >= 4 is 29.8 Å². The van der Waals surface area contributed by atoms with Gasteiger partial charge in [-0.1, -0.05) is 24.3 Å². The molecule has 0 spiro atoms. The van der Waals surface area contributed by atoms with Crippen LogP contribution >= 0.6 is 0 Å². The Morgan fingerprint density at radius 2 is 1.42 bits per heavy atom. The number of rotatable bonds is 12. The Balaban J connectivity index is 1.45. The normalized spacial score (nSPS) is 14.4. The average Bonchev–Trinajstić information content (AvgIpc) is 3.51. The summed E-state index contributed by atoms with van der Waals surface area (Å²) in [6.07, 6.45) is -5.78. The van der Waals surface area contributed by atoms with Crippen LogP contribution in [0.1, 0.15) is 62.3 Å². The number of hydrogen-bond donors (Lipinski definition) is 1. The third-order valence-corrected chi connectivity index (χ3v) is 7.04. The minimum Gasteiger partial charge on any atom is -0.490 e. The van der Waals surface area contributed by atoms with Crippen LogP contribution in [0.4, 0.5) is 18.0 Å². The fraction of sp³-hybridized carbons (Fsp3) is 0.429. The second-order valence-corrected chi connectivity index (χ2v) is 13.7. The molecule has 14 nitrogen and oxygen atoms in total. The molecule has 0 fully saturated rings. The Bertz CT molecular complexity index is 1780. The number of nitrogens with one attached hydrogen (secondary N) is 1. The molecule has 0 saturated carbocycles. The number of aryl methyl sites for hydroxylation is 1. The summed E-state index contributed by atoms with van der Waals surface area (Å²) in [4.78, 5) is 68.1. The van der Waals surface area contributed by atoms with Crippen molar-refractivity contribution in [3.63, 3.8) is 0 Å². The fourth-order valence-electron chi connectivity index (χ4n) is 4.79.